The molecule has 0 spiro atoms. The molecule has 1 saturated carbocycles. The Balaban J connectivity index is 2.33. The normalized spacial score (nSPS) is 19.6. The van der Waals surface area contributed by atoms with Crippen molar-refractivity contribution in [1.29, 1.82) is 0 Å². The van der Waals surface area contributed by atoms with Gasteiger partial charge in [0.15, 0.2) is 5.96 Å². The number of carbonyl (C=O) groups is 1. The van der Waals surface area contributed by atoms with Crippen LogP contribution in [-0.4, -0.2) is 33.2 Å². The lowest BCUT2D eigenvalue weighted by atomic mass is 10.1. The largest absolute Gasteiger partial charge is 0.496 e. The average molecular weight is 293 g/mol. The van der Waals surface area contributed by atoms with Crippen molar-refractivity contribution in [3.63, 3.8) is 0 Å². The Morgan fingerprint density at radius 1 is 1.14 bits per heavy atom. The number of benzene rings is 1. The molecule has 21 heavy (non-hydrogen) atoms. The molecule has 1 aliphatic carbocycles. The zero-order valence-electron chi connectivity index (χ0n) is 12.3. The van der Waals surface area contributed by atoms with Crippen LogP contribution in [0.4, 0.5) is 0 Å². The molecule has 1 aliphatic rings. The van der Waals surface area contributed by atoms with E-state index in [1.165, 1.54) is 0 Å². The number of nitrogens with two attached hydrogens (primary N) is 2. The first kappa shape index (κ1) is 15.0. The van der Waals surface area contributed by atoms with Crippen LogP contribution in [0.15, 0.2) is 17.1 Å². The van der Waals surface area contributed by atoms with Crippen LogP contribution in [0.5, 0.6) is 17.2 Å². The summed E-state index contributed by atoms with van der Waals surface area (Å²) in [6.07, 6.45) is 0.661. The quantitative estimate of drug-likeness (QED) is 0.608. The third kappa shape index (κ3) is 3.01. The molecule has 0 heterocycles. The van der Waals surface area contributed by atoms with Gasteiger partial charge >= 0.3 is 0 Å². The predicted octanol–water partition coefficient (Wildman–Crippen LogP) is 0.616. The SMILES string of the molecule is COc1cc(OC)c(C2CC2C(=O)N=C(N)N)c(OC)c1. The monoisotopic (exact) mass is 293 g/mol. The molecule has 1 aromatic rings. The molecule has 0 radical (unpaired) electrons. The second kappa shape index (κ2) is 5.90. The van der Waals surface area contributed by atoms with Gasteiger partial charge in [-0.25, -0.2) is 0 Å². The third-order valence-corrected chi connectivity index (χ3v) is 3.47. The van der Waals surface area contributed by atoms with Crippen LogP contribution < -0.4 is 25.7 Å². The summed E-state index contributed by atoms with van der Waals surface area (Å²) in [4.78, 5) is 15.5. The lowest BCUT2D eigenvalue weighted by Gasteiger charge is -2.14. The standard InChI is InChI=1S/C14H19N3O4/c1-19-7-4-10(20-2)12(11(5-7)21-3)8-6-9(8)13(18)17-14(15)16/h4-5,8-9H,6H2,1-3H3,(H4,15,16,17,18). The Morgan fingerprint density at radius 3 is 2.14 bits per heavy atom. The summed E-state index contributed by atoms with van der Waals surface area (Å²) in [5, 5.41) is 0. The minimum atomic E-state index is -0.320. The van der Waals surface area contributed by atoms with Crippen molar-refractivity contribution < 1.29 is 19.0 Å². The molecule has 1 fully saturated rings. The molecule has 0 aromatic heterocycles. The van der Waals surface area contributed by atoms with Crippen LogP contribution >= 0.6 is 0 Å². The number of rotatable bonds is 5. The van der Waals surface area contributed by atoms with E-state index in [2.05, 4.69) is 4.99 Å². The van der Waals surface area contributed by atoms with Gasteiger partial charge in [0.25, 0.3) is 5.91 Å². The minimum Gasteiger partial charge on any atom is -0.496 e. The van der Waals surface area contributed by atoms with E-state index in [1.807, 2.05) is 0 Å². The Morgan fingerprint density at radius 2 is 1.71 bits per heavy atom. The highest BCUT2D eigenvalue weighted by molar-refractivity contribution is 5.94. The second-order valence-electron chi connectivity index (χ2n) is 4.77. The van der Waals surface area contributed by atoms with Crippen molar-refractivity contribution in [3.05, 3.63) is 17.7 Å². The topological polar surface area (TPSA) is 109 Å². The first-order valence-electron chi connectivity index (χ1n) is 6.45. The van der Waals surface area contributed by atoms with Crippen molar-refractivity contribution in [3.8, 4) is 17.2 Å². The third-order valence-electron chi connectivity index (χ3n) is 3.47. The van der Waals surface area contributed by atoms with Crippen LogP contribution in [0.1, 0.15) is 17.9 Å². The molecule has 2 unspecified atom stereocenters. The van der Waals surface area contributed by atoms with E-state index in [1.54, 1.807) is 33.5 Å². The summed E-state index contributed by atoms with van der Waals surface area (Å²) < 4.78 is 16.0. The molecule has 7 nitrogen and oxygen atoms in total. The molecule has 0 aliphatic heterocycles. The Bertz CT molecular complexity index is 557. The molecule has 2 rings (SSSR count). The maximum absolute atomic E-state index is 11.9. The fourth-order valence-electron chi connectivity index (χ4n) is 2.40. The number of hydrogen-bond donors (Lipinski definition) is 2. The number of nitrogens with zero attached hydrogens (tertiary/aromatic N) is 1. The molecule has 7 heteroatoms. The van der Waals surface area contributed by atoms with Crippen molar-refractivity contribution in [2.24, 2.45) is 22.4 Å². The summed E-state index contributed by atoms with van der Waals surface area (Å²) >= 11 is 0. The van der Waals surface area contributed by atoms with Crippen LogP contribution in [0, 0.1) is 5.92 Å². The molecular formula is C14H19N3O4. The Hall–Kier alpha value is -2.44. The van der Waals surface area contributed by atoms with E-state index in [4.69, 9.17) is 25.7 Å². The lowest BCUT2D eigenvalue weighted by molar-refractivity contribution is -0.119. The summed E-state index contributed by atoms with van der Waals surface area (Å²) in [5.74, 6) is 1.06. The number of amides is 1. The van der Waals surface area contributed by atoms with Crippen molar-refractivity contribution in [2.45, 2.75) is 12.3 Å². The highest BCUT2D eigenvalue weighted by atomic mass is 16.5. The van der Waals surface area contributed by atoms with Gasteiger partial charge in [0.2, 0.25) is 0 Å². The molecule has 2 atom stereocenters. The molecule has 4 N–H and O–H groups in total. The van der Waals surface area contributed by atoms with Crippen LogP contribution in [0.3, 0.4) is 0 Å². The number of aliphatic imine (C=N–C) groups is 1. The van der Waals surface area contributed by atoms with Crippen molar-refractivity contribution in [2.75, 3.05) is 21.3 Å². The maximum Gasteiger partial charge on any atom is 0.252 e. The number of methoxy groups -OCH3 is 3. The lowest BCUT2D eigenvalue weighted by Crippen LogP contribution is -2.24. The molecule has 0 saturated heterocycles. The predicted molar refractivity (Wildman–Crippen MR) is 77.8 cm³/mol. The molecular weight excluding hydrogens is 274 g/mol. The number of hydrogen-bond acceptors (Lipinski definition) is 4. The van der Waals surface area contributed by atoms with Gasteiger partial charge in [0.05, 0.1) is 21.3 Å². The molecule has 1 amide bonds. The van der Waals surface area contributed by atoms with Crippen LogP contribution in [-0.2, 0) is 4.79 Å². The molecule has 114 valence electrons. The van der Waals surface area contributed by atoms with E-state index >= 15 is 0 Å². The van der Waals surface area contributed by atoms with Gasteiger partial charge in [-0.3, -0.25) is 4.79 Å². The van der Waals surface area contributed by atoms with Gasteiger partial charge in [-0.15, -0.1) is 0 Å². The minimum absolute atomic E-state index is 0.0172. The maximum atomic E-state index is 11.9. The van der Waals surface area contributed by atoms with Crippen LogP contribution in [0.2, 0.25) is 0 Å². The zero-order valence-corrected chi connectivity index (χ0v) is 12.3. The first-order valence-corrected chi connectivity index (χ1v) is 6.45. The zero-order chi connectivity index (χ0) is 15.6. The van der Waals surface area contributed by atoms with E-state index in [9.17, 15) is 4.79 Å². The summed E-state index contributed by atoms with van der Waals surface area (Å²) in [7, 11) is 4.69. The van der Waals surface area contributed by atoms with E-state index in [0.29, 0.717) is 23.7 Å². The first-order chi connectivity index (χ1) is 10.0. The van der Waals surface area contributed by atoms with Gasteiger partial charge < -0.3 is 25.7 Å². The van der Waals surface area contributed by atoms with Gasteiger partial charge in [-0.05, 0) is 6.42 Å². The van der Waals surface area contributed by atoms with Crippen LogP contribution in [0.25, 0.3) is 0 Å². The van der Waals surface area contributed by atoms with Gasteiger partial charge in [0, 0.05) is 29.5 Å². The summed E-state index contributed by atoms with van der Waals surface area (Å²) in [5.41, 5.74) is 11.3. The Labute approximate surface area is 122 Å². The smallest absolute Gasteiger partial charge is 0.252 e. The van der Waals surface area contributed by atoms with Crippen molar-refractivity contribution in [1.82, 2.24) is 0 Å². The number of ether oxygens (including phenoxy) is 3. The summed E-state index contributed by atoms with van der Waals surface area (Å²) in [6, 6.07) is 3.52. The molecule has 1 aromatic carbocycles. The Kier molecular flexibility index (Phi) is 4.21. The van der Waals surface area contributed by atoms with Gasteiger partial charge in [-0.2, -0.15) is 4.99 Å². The number of guanidine groups is 1. The van der Waals surface area contributed by atoms with Gasteiger partial charge in [0.1, 0.15) is 17.2 Å². The average Bonchev–Trinajstić information content (AvgIpc) is 3.25. The molecule has 0 bridgehead atoms. The van der Waals surface area contributed by atoms with E-state index in [0.717, 1.165) is 5.56 Å². The number of carbonyl (C=O) groups excluding carboxylic acids is 1. The van der Waals surface area contributed by atoms with Crippen molar-refractivity contribution >= 4 is 11.9 Å². The fourth-order valence-corrected chi connectivity index (χ4v) is 2.40. The van der Waals surface area contributed by atoms with E-state index < -0.39 is 0 Å². The highest BCUT2D eigenvalue weighted by Crippen LogP contribution is 2.55. The second-order valence-corrected chi connectivity index (χ2v) is 4.77. The summed E-state index contributed by atoms with van der Waals surface area (Å²) in [6.45, 7) is 0. The van der Waals surface area contributed by atoms with E-state index in [-0.39, 0.29) is 23.7 Å². The highest BCUT2D eigenvalue weighted by Gasteiger charge is 2.47. The fraction of sp³-hybridized carbons (Fsp3) is 0.429. The van der Waals surface area contributed by atoms with Gasteiger partial charge in [-0.1, -0.05) is 0 Å².